The van der Waals surface area contributed by atoms with Crippen LogP contribution in [0.4, 0.5) is 5.69 Å². The summed E-state index contributed by atoms with van der Waals surface area (Å²) in [7, 11) is 1.57. The van der Waals surface area contributed by atoms with E-state index in [0.717, 1.165) is 22.6 Å². The van der Waals surface area contributed by atoms with Gasteiger partial charge in [-0.05, 0) is 61.7 Å². The molecule has 0 spiro atoms. The topological polar surface area (TPSA) is 81.1 Å². The van der Waals surface area contributed by atoms with Gasteiger partial charge in [-0.2, -0.15) is 0 Å². The summed E-state index contributed by atoms with van der Waals surface area (Å²) in [6, 6.07) is 11.1. The fourth-order valence-electron chi connectivity index (χ4n) is 3.32. The van der Waals surface area contributed by atoms with Gasteiger partial charge in [-0.15, -0.1) is 10.2 Å². The fraction of sp³-hybridized carbons (Fsp3) is 0.286. The van der Waals surface area contributed by atoms with Crippen molar-refractivity contribution in [3.05, 3.63) is 63.9 Å². The van der Waals surface area contributed by atoms with Crippen molar-refractivity contribution in [1.29, 1.82) is 0 Å². The Morgan fingerprint density at radius 2 is 1.97 bits per heavy atom. The number of hydrogen-bond acceptors (Lipinski definition) is 6. The molecule has 3 aromatic rings. The number of anilines is 1. The molecule has 0 radical (unpaired) electrons. The van der Waals surface area contributed by atoms with E-state index in [2.05, 4.69) is 20.9 Å². The van der Waals surface area contributed by atoms with Crippen LogP contribution in [0.25, 0.3) is 0 Å². The zero-order chi connectivity index (χ0) is 21.4. The summed E-state index contributed by atoms with van der Waals surface area (Å²) in [6.45, 7) is 5.92. The predicted molar refractivity (Wildman–Crippen MR) is 119 cm³/mol. The highest BCUT2D eigenvalue weighted by Gasteiger charge is 2.37. The Morgan fingerprint density at radius 3 is 2.67 bits per heavy atom. The average molecular weight is 444 g/mol. The van der Waals surface area contributed by atoms with Gasteiger partial charge in [0.2, 0.25) is 11.1 Å². The second-order valence-electron chi connectivity index (χ2n) is 7.19. The average Bonchev–Trinajstić information content (AvgIpc) is 3.09. The smallest absolute Gasteiger partial charge is 0.240 e. The van der Waals surface area contributed by atoms with Crippen molar-refractivity contribution >= 4 is 35.0 Å². The molecule has 2 heterocycles. The minimum absolute atomic E-state index is 0.125. The molecule has 1 aromatic heterocycles. The number of hydrogen-bond donors (Lipinski definition) is 2. The quantitative estimate of drug-likeness (QED) is 0.627. The van der Waals surface area contributed by atoms with Gasteiger partial charge in [0.05, 0.1) is 18.2 Å². The number of aryl methyl sites for hydroxylation is 3. The van der Waals surface area contributed by atoms with Gasteiger partial charge >= 0.3 is 0 Å². The molecule has 0 fully saturated rings. The summed E-state index contributed by atoms with van der Waals surface area (Å²) < 4.78 is 7.06. The highest BCUT2D eigenvalue weighted by Crippen LogP contribution is 2.39. The summed E-state index contributed by atoms with van der Waals surface area (Å²) >= 11 is 7.73. The number of methoxy groups -OCH3 is 1. The molecule has 156 valence electrons. The number of nitrogens with one attached hydrogen (secondary N) is 2. The van der Waals surface area contributed by atoms with Crippen LogP contribution in [0.15, 0.2) is 41.6 Å². The lowest BCUT2D eigenvalue weighted by Crippen LogP contribution is -2.41. The van der Waals surface area contributed by atoms with Gasteiger partial charge in [-0.1, -0.05) is 35.5 Å². The van der Waals surface area contributed by atoms with Crippen LogP contribution < -0.4 is 15.5 Å². The molecule has 2 aromatic carbocycles. The van der Waals surface area contributed by atoms with Crippen molar-refractivity contribution in [2.24, 2.45) is 0 Å². The van der Waals surface area contributed by atoms with E-state index in [4.69, 9.17) is 16.3 Å². The predicted octanol–water partition coefficient (Wildman–Crippen LogP) is 4.26. The van der Waals surface area contributed by atoms with Crippen molar-refractivity contribution < 1.29 is 9.53 Å². The molecule has 2 atom stereocenters. The van der Waals surface area contributed by atoms with Gasteiger partial charge < -0.3 is 15.5 Å². The minimum Gasteiger partial charge on any atom is -0.495 e. The number of benzene rings is 2. The molecule has 1 aliphatic rings. The SMILES string of the molecule is COc1ccc([C@@H]2Nn3c(C)nnc3S[C@@H]2C(=O)Nc2ccc(C)c(C)c2)cc1Cl. The highest BCUT2D eigenvalue weighted by molar-refractivity contribution is 8.00. The molecule has 0 saturated heterocycles. The third-order valence-corrected chi connectivity index (χ3v) is 6.68. The number of carbonyl (C=O) groups is 1. The van der Waals surface area contributed by atoms with Crippen LogP contribution in [0.3, 0.4) is 0 Å². The third-order valence-electron chi connectivity index (χ3n) is 5.17. The monoisotopic (exact) mass is 443 g/mol. The first-order valence-electron chi connectivity index (χ1n) is 9.44. The Labute approximate surface area is 184 Å². The van der Waals surface area contributed by atoms with Gasteiger partial charge in [0, 0.05) is 5.69 Å². The van der Waals surface area contributed by atoms with E-state index in [1.807, 2.05) is 51.1 Å². The lowest BCUT2D eigenvalue weighted by Gasteiger charge is -2.33. The molecule has 0 unspecified atom stereocenters. The molecule has 7 nitrogen and oxygen atoms in total. The van der Waals surface area contributed by atoms with E-state index < -0.39 is 5.25 Å². The molecule has 30 heavy (non-hydrogen) atoms. The van der Waals surface area contributed by atoms with Crippen molar-refractivity contribution in [3.8, 4) is 5.75 Å². The number of thioether (sulfide) groups is 1. The largest absolute Gasteiger partial charge is 0.495 e. The van der Waals surface area contributed by atoms with Crippen LogP contribution in [0, 0.1) is 20.8 Å². The van der Waals surface area contributed by atoms with E-state index in [0.29, 0.717) is 15.9 Å². The number of nitrogens with zero attached hydrogens (tertiary/aromatic N) is 3. The fourth-order valence-corrected chi connectivity index (χ4v) is 4.71. The zero-order valence-corrected chi connectivity index (χ0v) is 18.6. The Balaban J connectivity index is 1.68. The number of amides is 1. The second-order valence-corrected chi connectivity index (χ2v) is 8.71. The first-order chi connectivity index (χ1) is 14.4. The van der Waals surface area contributed by atoms with Crippen molar-refractivity contribution in [3.63, 3.8) is 0 Å². The van der Waals surface area contributed by atoms with Crippen LogP contribution in [-0.4, -0.2) is 33.1 Å². The Hall–Kier alpha value is -2.71. The third kappa shape index (κ3) is 3.85. The normalized spacial score (nSPS) is 17.8. The zero-order valence-electron chi connectivity index (χ0n) is 17.1. The van der Waals surface area contributed by atoms with Crippen LogP contribution in [0.5, 0.6) is 5.75 Å². The van der Waals surface area contributed by atoms with E-state index in [1.54, 1.807) is 17.9 Å². The number of aromatic nitrogens is 3. The number of fused-ring (bicyclic) bond motifs is 1. The number of carbonyl (C=O) groups excluding carboxylic acids is 1. The molecular formula is C21H22ClN5O2S. The molecule has 2 N–H and O–H groups in total. The number of rotatable bonds is 4. The maximum Gasteiger partial charge on any atom is 0.240 e. The van der Waals surface area contributed by atoms with Gasteiger partial charge in [0.25, 0.3) is 0 Å². The Bertz CT molecular complexity index is 1120. The van der Waals surface area contributed by atoms with Gasteiger partial charge in [-0.3, -0.25) is 4.79 Å². The molecule has 1 amide bonds. The summed E-state index contributed by atoms with van der Waals surface area (Å²) in [5.74, 6) is 1.18. The van der Waals surface area contributed by atoms with Crippen LogP contribution in [-0.2, 0) is 4.79 Å². The van der Waals surface area contributed by atoms with Gasteiger partial charge in [0.15, 0.2) is 0 Å². The minimum atomic E-state index is -0.479. The standard InChI is InChI=1S/C21H22ClN5O2S/c1-11-5-7-15(9-12(11)2)23-20(28)19-18(14-6-8-17(29-4)16(22)10-14)26-27-13(3)24-25-21(27)30-19/h5-10,18-19,26H,1-4H3,(H,23,28)/t18-,19-/m0/s1. The molecule has 0 bridgehead atoms. The Morgan fingerprint density at radius 1 is 1.17 bits per heavy atom. The van der Waals surface area contributed by atoms with Crippen LogP contribution in [0.2, 0.25) is 5.02 Å². The van der Waals surface area contributed by atoms with Crippen LogP contribution in [0.1, 0.15) is 28.6 Å². The highest BCUT2D eigenvalue weighted by atomic mass is 35.5. The molecule has 0 saturated carbocycles. The van der Waals surface area contributed by atoms with E-state index >= 15 is 0 Å². The van der Waals surface area contributed by atoms with Crippen molar-refractivity contribution in [2.75, 3.05) is 17.9 Å². The van der Waals surface area contributed by atoms with Crippen molar-refractivity contribution in [2.45, 2.75) is 37.2 Å². The molecule has 9 heteroatoms. The molecular weight excluding hydrogens is 422 g/mol. The van der Waals surface area contributed by atoms with E-state index in [9.17, 15) is 4.79 Å². The lowest BCUT2D eigenvalue weighted by molar-refractivity contribution is -0.116. The molecule has 1 aliphatic heterocycles. The lowest BCUT2D eigenvalue weighted by atomic mass is 10.0. The summed E-state index contributed by atoms with van der Waals surface area (Å²) in [5.41, 5.74) is 7.30. The molecule has 4 rings (SSSR count). The van der Waals surface area contributed by atoms with E-state index in [1.165, 1.54) is 17.3 Å². The summed E-state index contributed by atoms with van der Waals surface area (Å²) in [5, 5.41) is 12.0. The summed E-state index contributed by atoms with van der Waals surface area (Å²) in [4.78, 5) is 13.3. The molecule has 0 aliphatic carbocycles. The number of halogens is 1. The van der Waals surface area contributed by atoms with Crippen molar-refractivity contribution in [1.82, 2.24) is 14.9 Å². The maximum atomic E-state index is 13.3. The van der Waals surface area contributed by atoms with Gasteiger partial charge in [0.1, 0.15) is 16.8 Å². The second kappa shape index (κ2) is 8.20. The van der Waals surface area contributed by atoms with E-state index in [-0.39, 0.29) is 11.9 Å². The Kier molecular flexibility index (Phi) is 5.62. The van der Waals surface area contributed by atoms with Crippen LogP contribution >= 0.6 is 23.4 Å². The first kappa shape index (κ1) is 20.6. The number of ether oxygens (including phenoxy) is 1. The van der Waals surface area contributed by atoms with Gasteiger partial charge in [-0.25, -0.2) is 4.68 Å². The maximum absolute atomic E-state index is 13.3. The summed E-state index contributed by atoms with van der Waals surface area (Å²) in [6.07, 6.45) is 0. The first-order valence-corrected chi connectivity index (χ1v) is 10.7.